The Kier molecular flexibility index (Phi) is 16.6. The SMILES string of the molecule is CC(C)(C)OC(=O)N1C(=[NH+][C@@H](CCN2CCN(C(=O)CN3CCC(OC4CCN(C(=O)[C@H](NC(=O)c5cccc(C6CC6)c5F)C5CCCCC5)CC4)CC3)CC2)c2ccc(Cl)cc2)C12CCN(c1ncnc3[nH]ccc13)CC2. The Labute approximate surface area is 469 Å². The number of carbonyl (C=O) groups is 4. The van der Waals surface area contributed by atoms with Crippen LogP contribution in [0.4, 0.5) is 15.0 Å². The fraction of sp³-hybridized carbons (Fsp3) is 0.617. The predicted molar refractivity (Wildman–Crippen MR) is 300 cm³/mol. The van der Waals surface area contributed by atoms with Crippen LogP contribution in [0.3, 0.4) is 0 Å². The van der Waals surface area contributed by atoms with Crippen molar-refractivity contribution in [3.8, 4) is 0 Å². The molecule has 0 unspecified atom stereocenters. The molecule has 3 N–H and O–H groups in total. The van der Waals surface area contributed by atoms with Crippen molar-refractivity contribution >= 4 is 58.1 Å². The summed E-state index contributed by atoms with van der Waals surface area (Å²) in [5, 5.41) is 4.68. The van der Waals surface area contributed by atoms with Gasteiger partial charge in [0.2, 0.25) is 17.4 Å². The van der Waals surface area contributed by atoms with Gasteiger partial charge < -0.3 is 34.5 Å². The van der Waals surface area contributed by atoms with Crippen LogP contribution in [0.15, 0.2) is 61.1 Å². The van der Waals surface area contributed by atoms with Crippen molar-refractivity contribution in [3.05, 3.63) is 88.6 Å². The van der Waals surface area contributed by atoms with Crippen LogP contribution < -0.4 is 15.2 Å². The van der Waals surface area contributed by atoms with E-state index in [0.29, 0.717) is 56.4 Å². The number of anilines is 1. The normalized spacial score (nSPS) is 22.4. The van der Waals surface area contributed by atoms with Gasteiger partial charge in [0.15, 0.2) is 0 Å². The number of rotatable bonds is 15. The third kappa shape index (κ3) is 12.8. The minimum absolute atomic E-state index is 0.0328. The Bertz CT molecular complexity index is 2840. The highest BCUT2D eigenvalue weighted by atomic mass is 35.5. The summed E-state index contributed by atoms with van der Waals surface area (Å²) in [6, 6.07) is 14.3. The monoisotopic (exact) mass is 1100 g/mol. The van der Waals surface area contributed by atoms with Gasteiger partial charge in [-0.2, -0.15) is 4.79 Å². The van der Waals surface area contributed by atoms with Crippen LogP contribution in [0.1, 0.15) is 144 Å². The van der Waals surface area contributed by atoms with Gasteiger partial charge in [0.1, 0.15) is 41.3 Å². The second-order valence-electron chi connectivity index (χ2n) is 24.3. The van der Waals surface area contributed by atoms with Crippen LogP contribution >= 0.6 is 11.6 Å². The molecule has 5 aliphatic heterocycles. The van der Waals surface area contributed by atoms with Crippen LogP contribution in [0.2, 0.25) is 5.02 Å². The largest absolute Gasteiger partial charge is 0.508 e. The molecule has 5 saturated heterocycles. The highest BCUT2D eigenvalue weighted by molar-refractivity contribution is 6.30. The van der Waals surface area contributed by atoms with E-state index < -0.39 is 28.9 Å². The molecule has 4 aromatic rings. The molecule has 19 heteroatoms. The number of nitrogens with zero attached hydrogens (tertiary/aromatic N) is 8. The molecule has 7 fully saturated rings. The lowest BCUT2D eigenvalue weighted by molar-refractivity contribution is -0.511. The van der Waals surface area contributed by atoms with Crippen molar-refractivity contribution < 1.29 is 38.0 Å². The Morgan fingerprint density at radius 3 is 2.19 bits per heavy atom. The summed E-state index contributed by atoms with van der Waals surface area (Å²) in [6.45, 7) is 13.9. The van der Waals surface area contributed by atoms with Crippen molar-refractivity contribution in [2.75, 3.05) is 83.4 Å². The molecule has 11 rings (SSSR count). The molecular formula is C60H80ClFN11O6+. The lowest BCUT2D eigenvalue weighted by atomic mass is 9.83. The first-order chi connectivity index (χ1) is 38.2. The second kappa shape index (κ2) is 23.8. The third-order valence-corrected chi connectivity index (χ3v) is 18.1. The van der Waals surface area contributed by atoms with Gasteiger partial charge in [-0.05, 0) is 119 Å². The first kappa shape index (κ1) is 55.2. The van der Waals surface area contributed by atoms with Gasteiger partial charge in [0.25, 0.3) is 5.91 Å². The van der Waals surface area contributed by atoms with E-state index in [1.54, 1.807) is 18.5 Å². The van der Waals surface area contributed by atoms with Crippen molar-refractivity contribution in [1.82, 2.24) is 44.8 Å². The lowest BCUT2D eigenvalue weighted by Crippen LogP contribution is -2.74. The van der Waals surface area contributed by atoms with E-state index in [9.17, 15) is 19.2 Å². The Hall–Kier alpha value is -5.69. The maximum Gasteiger partial charge on any atom is 0.508 e. The molecule has 79 heavy (non-hydrogen) atoms. The number of carbonyl (C=O) groups excluding carboxylic acids is 4. The maximum absolute atomic E-state index is 15.5. The number of piperidine rings is 3. The number of ether oxygens (including phenoxy) is 2. The average molecular weight is 1110 g/mol. The van der Waals surface area contributed by atoms with E-state index >= 15 is 4.39 Å². The van der Waals surface area contributed by atoms with Gasteiger partial charge in [-0.3, -0.25) is 29.2 Å². The lowest BCUT2D eigenvalue weighted by Gasteiger charge is -2.40. The summed E-state index contributed by atoms with van der Waals surface area (Å²) in [5.74, 6) is 1.16. The molecule has 2 aromatic carbocycles. The number of piperazine rings is 1. The zero-order valence-electron chi connectivity index (χ0n) is 46.4. The van der Waals surface area contributed by atoms with E-state index in [0.717, 1.165) is 151 Å². The molecule has 2 aromatic heterocycles. The fourth-order valence-electron chi connectivity index (χ4n) is 13.1. The summed E-state index contributed by atoms with van der Waals surface area (Å²) < 4.78 is 28.2. The number of aromatic amines is 1. The van der Waals surface area contributed by atoms with E-state index in [2.05, 4.69) is 52.1 Å². The topological polar surface area (TPSA) is 174 Å². The highest BCUT2D eigenvalue weighted by Gasteiger charge is 2.74. The molecule has 2 saturated carbocycles. The summed E-state index contributed by atoms with van der Waals surface area (Å²) in [4.78, 5) is 84.3. The summed E-state index contributed by atoms with van der Waals surface area (Å²) in [6.07, 6.45) is 15.5. The standard InChI is InChI=1S/C60H79ClFN11O6/c1-59(2,3)79-58(77)73-57(60(73)24-32-71(33-25-60)54-48-18-26-63-53(48)64-39-65-54)66-49(41-14-16-43(61)17-15-41)23-29-68-34-36-70(37-35-68)50(74)38-69-27-19-44(20-28-69)78-45-21-30-72(31-22-45)56(76)52(42-8-5-4-6-9-42)67-55(75)47-11-7-10-46(51(47)62)40-12-13-40/h7,10-11,14-18,26,39-40,42,44-45,49,52H,4-6,8-9,12-13,19-25,27-38H2,1-3H3,(H,67,75)(H,63,64,65)/p+1/t49-,52+,73?/m0/s1. The first-order valence-electron chi connectivity index (χ1n) is 29.4. The van der Waals surface area contributed by atoms with E-state index in [4.69, 9.17) is 21.1 Å². The molecule has 17 nitrogen and oxygen atoms in total. The molecule has 424 valence electrons. The number of hydrogen-bond donors (Lipinski definition) is 3. The molecular weight excluding hydrogens is 1030 g/mol. The van der Waals surface area contributed by atoms with Crippen LogP contribution in [0, 0.1) is 11.7 Å². The average Bonchev–Trinajstić information content (AvgIpc) is 3.16. The van der Waals surface area contributed by atoms with Crippen molar-refractivity contribution in [2.24, 2.45) is 5.92 Å². The molecule has 0 bridgehead atoms. The highest BCUT2D eigenvalue weighted by Crippen LogP contribution is 2.45. The minimum Gasteiger partial charge on any atom is -0.425 e. The minimum atomic E-state index is -0.669. The molecule has 7 heterocycles. The van der Waals surface area contributed by atoms with Gasteiger partial charge in [0.05, 0.1) is 29.7 Å². The molecule has 1 spiro atoms. The number of fused-ring (bicyclic) bond motifs is 1. The molecule has 7 aliphatic rings. The van der Waals surface area contributed by atoms with E-state index in [1.807, 2.05) is 59.9 Å². The van der Waals surface area contributed by atoms with Crippen LogP contribution in [-0.4, -0.2) is 177 Å². The summed E-state index contributed by atoms with van der Waals surface area (Å²) >= 11 is 6.40. The number of amides is 4. The number of aromatic nitrogens is 3. The molecule has 2 aliphatic carbocycles. The first-order valence-corrected chi connectivity index (χ1v) is 29.8. The van der Waals surface area contributed by atoms with Crippen LogP contribution in [-0.2, 0) is 19.1 Å². The molecule has 0 radical (unpaired) electrons. The molecule has 2 atom stereocenters. The number of amidine groups is 1. The van der Waals surface area contributed by atoms with Gasteiger partial charge in [-0.15, -0.1) is 4.90 Å². The predicted octanol–water partition coefficient (Wildman–Crippen LogP) is 6.82. The Balaban J connectivity index is 0.637. The summed E-state index contributed by atoms with van der Waals surface area (Å²) in [5.41, 5.74) is 1.39. The Morgan fingerprint density at radius 2 is 1.51 bits per heavy atom. The van der Waals surface area contributed by atoms with E-state index in [-0.39, 0.29) is 53.6 Å². The zero-order chi connectivity index (χ0) is 54.8. The fourth-order valence-corrected chi connectivity index (χ4v) is 13.3. The number of likely N-dealkylation sites (tertiary alicyclic amines) is 2. The summed E-state index contributed by atoms with van der Waals surface area (Å²) in [7, 11) is 0. The van der Waals surface area contributed by atoms with Crippen LogP contribution in [0.25, 0.3) is 11.0 Å². The zero-order valence-corrected chi connectivity index (χ0v) is 47.2. The third-order valence-electron chi connectivity index (χ3n) is 17.9. The van der Waals surface area contributed by atoms with Crippen molar-refractivity contribution in [2.45, 2.75) is 152 Å². The quantitative estimate of drug-likeness (QED) is 0.107. The number of nitrogens with one attached hydrogen (secondary N) is 3. The number of benzene rings is 2. The number of halogens is 2. The Morgan fingerprint density at radius 1 is 0.810 bits per heavy atom. The van der Waals surface area contributed by atoms with Crippen molar-refractivity contribution in [3.63, 3.8) is 0 Å². The van der Waals surface area contributed by atoms with Crippen molar-refractivity contribution in [1.29, 1.82) is 0 Å². The smallest absolute Gasteiger partial charge is 0.425 e. The van der Waals surface area contributed by atoms with E-state index in [1.165, 1.54) is 6.07 Å². The number of hydrogen-bond acceptors (Lipinski definition) is 11. The van der Waals surface area contributed by atoms with Gasteiger partial charge in [-0.1, -0.05) is 55.1 Å². The maximum atomic E-state index is 15.5. The molecule has 4 amide bonds. The van der Waals surface area contributed by atoms with Gasteiger partial charge >= 0.3 is 11.9 Å². The van der Waals surface area contributed by atoms with Crippen LogP contribution in [0.5, 0.6) is 0 Å². The number of H-pyrrole nitrogens is 1. The van der Waals surface area contributed by atoms with Gasteiger partial charge in [0, 0.05) is 102 Å². The van der Waals surface area contributed by atoms with Gasteiger partial charge in [-0.25, -0.2) is 14.4 Å². The second-order valence-corrected chi connectivity index (χ2v) is 24.8.